The summed E-state index contributed by atoms with van der Waals surface area (Å²) in [5.74, 6) is -0.453. The highest BCUT2D eigenvalue weighted by Gasteiger charge is 2.41. The summed E-state index contributed by atoms with van der Waals surface area (Å²) in [4.78, 5) is 24.9. The van der Waals surface area contributed by atoms with E-state index in [1.165, 1.54) is 16.4 Å². The van der Waals surface area contributed by atoms with Crippen molar-refractivity contribution in [1.82, 2.24) is 4.31 Å². The second kappa shape index (κ2) is 8.18. The van der Waals surface area contributed by atoms with Crippen molar-refractivity contribution in [3.63, 3.8) is 0 Å². The topological polar surface area (TPSA) is 93.9 Å². The van der Waals surface area contributed by atoms with Crippen LogP contribution in [0.2, 0.25) is 0 Å². The average Bonchev–Trinajstić information content (AvgIpc) is 3.17. The van der Waals surface area contributed by atoms with Gasteiger partial charge in [0.25, 0.3) is 0 Å². The van der Waals surface area contributed by atoms with Gasteiger partial charge in [0, 0.05) is 24.1 Å². The molecule has 0 radical (unpaired) electrons. The Kier molecular flexibility index (Phi) is 5.68. The number of carbonyl (C=O) groups excluding carboxylic acids is 1. The fourth-order valence-electron chi connectivity index (χ4n) is 4.51. The summed E-state index contributed by atoms with van der Waals surface area (Å²) in [6.07, 6.45) is 0.943. The first kappa shape index (κ1) is 22.2. The molecule has 0 bridgehead atoms. The van der Waals surface area contributed by atoms with Crippen LogP contribution in [0.15, 0.2) is 50.5 Å². The van der Waals surface area contributed by atoms with Gasteiger partial charge in [-0.2, -0.15) is 4.31 Å². The lowest BCUT2D eigenvalue weighted by Gasteiger charge is -2.24. The molecule has 0 saturated carbocycles. The Bertz CT molecular complexity index is 1370. The summed E-state index contributed by atoms with van der Waals surface area (Å²) in [5, 5.41) is 0.736. The van der Waals surface area contributed by atoms with E-state index in [4.69, 9.17) is 9.15 Å². The van der Waals surface area contributed by atoms with Gasteiger partial charge in [-0.1, -0.05) is 17.7 Å². The Balaban J connectivity index is 1.63. The summed E-state index contributed by atoms with van der Waals surface area (Å²) in [6.45, 7) is 7.49. The van der Waals surface area contributed by atoms with E-state index >= 15 is 0 Å². The number of fused-ring (bicyclic) bond motifs is 1. The molecule has 1 aliphatic heterocycles. The Labute approximate surface area is 186 Å². The van der Waals surface area contributed by atoms with E-state index in [2.05, 4.69) is 0 Å². The number of nitrogens with zero attached hydrogens (tertiary/aromatic N) is 1. The molecule has 8 heteroatoms. The maximum Gasteiger partial charge on any atom is 0.336 e. The minimum atomic E-state index is -3.88. The van der Waals surface area contributed by atoms with E-state index in [1.807, 2.05) is 19.1 Å². The molecule has 168 valence electrons. The van der Waals surface area contributed by atoms with Crippen LogP contribution in [0.4, 0.5) is 0 Å². The molecule has 1 aromatic heterocycles. The van der Waals surface area contributed by atoms with E-state index in [0.717, 1.165) is 16.5 Å². The van der Waals surface area contributed by atoms with Crippen LogP contribution >= 0.6 is 0 Å². The predicted molar refractivity (Wildman–Crippen MR) is 120 cm³/mol. The summed E-state index contributed by atoms with van der Waals surface area (Å²) in [7, 11) is -3.88. The lowest BCUT2D eigenvalue weighted by Crippen LogP contribution is -2.42. The first-order chi connectivity index (χ1) is 15.1. The molecule has 1 atom stereocenters. The third-order valence-electron chi connectivity index (χ3n) is 5.79. The number of sulfonamides is 1. The molecule has 7 nitrogen and oxygen atoms in total. The standard InChI is InChI=1S/C24H25NO6S/c1-14-10-16(3)23(17(4)11-14)32(28,29)25-9-5-6-20(25)24(27)30-18-7-8-19-15(2)12-22(26)31-21(19)13-18/h7-8,10-13,20H,5-6,9H2,1-4H3/t20-/m0/s1. The number of carbonyl (C=O) groups is 1. The number of hydrogen-bond acceptors (Lipinski definition) is 6. The molecule has 3 aromatic rings. The monoisotopic (exact) mass is 455 g/mol. The molecule has 2 aromatic carbocycles. The lowest BCUT2D eigenvalue weighted by atomic mass is 10.1. The molecule has 0 spiro atoms. The molecular formula is C24H25NO6S. The molecule has 0 aliphatic carbocycles. The highest BCUT2D eigenvalue weighted by molar-refractivity contribution is 7.89. The van der Waals surface area contributed by atoms with E-state index < -0.39 is 27.7 Å². The minimum Gasteiger partial charge on any atom is -0.425 e. The highest BCUT2D eigenvalue weighted by Crippen LogP contribution is 2.32. The van der Waals surface area contributed by atoms with Gasteiger partial charge in [0.15, 0.2) is 0 Å². The molecule has 1 aliphatic rings. The van der Waals surface area contributed by atoms with Crippen LogP contribution in [0.5, 0.6) is 5.75 Å². The van der Waals surface area contributed by atoms with Crippen molar-refractivity contribution >= 4 is 27.0 Å². The van der Waals surface area contributed by atoms with Crippen LogP contribution in [-0.2, 0) is 14.8 Å². The zero-order valence-corrected chi connectivity index (χ0v) is 19.3. The molecule has 1 fully saturated rings. The smallest absolute Gasteiger partial charge is 0.336 e. The van der Waals surface area contributed by atoms with Gasteiger partial charge < -0.3 is 9.15 Å². The number of hydrogen-bond donors (Lipinski definition) is 0. The van der Waals surface area contributed by atoms with Crippen LogP contribution in [0.25, 0.3) is 11.0 Å². The molecule has 4 rings (SSSR count). The van der Waals surface area contributed by atoms with Crippen molar-refractivity contribution < 1.29 is 22.4 Å². The summed E-state index contributed by atoms with van der Waals surface area (Å²) >= 11 is 0. The quantitative estimate of drug-likeness (QED) is 0.338. The van der Waals surface area contributed by atoms with Gasteiger partial charge in [0.1, 0.15) is 17.4 Å². The molecule has 2 heterocycles. The number of esters is 1. The van der Waals surface area contributed by atoms with Gasteiger partial charge in [-0.25, -0.2) is 18.0 Å². The zero-order chi connectivity index (χ0) is 23.2. The fraction of sp³-hybridized carbons (Fsp3) is 0.333. The van der Waals surface area contributed by atoms with E-state index in [-0.39, 0.29) is 17.2 Å². The molecule has 0 N–H and O–H groups in total. The van der Waals surface area contributed by atoms with E-state index in [1.54, 1.807) is 32.9 Å². The Morgan fingerprint density at radius 1 is 1.03 bits per heavy atom. The third-order valence-corrected chi connectivity index (χ3v) is 8.00. The lowest BCUT2D eigenvalue weighted by molar-refractivity contribution is -0.137. The average molecular weight is 456 g/mol. The Morgan fingerprint density at radius 3 is 2.41 bits per heavy atom. The fourth-order valence-corrected chi connectivity index (χ4v) is 6.57. The van der Waals surface area contributed by atoms with E-state index in [9.17, 15) is 18.0 Å². The van der Waals surface area contributed by atoms with Crippen LogP contribution in [0, 0.1) is 27.7 Å². The van der Waals surface area contributed by atoms with Crippen molar-refractivity contribution in [2.75, 3.05) is 6.54 Å². The number of rotatable bonds is 4. The number of aryl methyl sites for hydroxylation is 4. The molecule has 1 saturated heterocycles. The second-order valence-corrected chi connectivity index (χ2v) is 10.2. The molecule has 0 unspecified atom stereocenters. The van der Waals surface area contributed by atoms with Crippen molar-refractivity contribution in [3.8, 4) is 5.75 Å². The summed E-state index contributed by atoms with van der Waals surface area (Å²) in [6, 6.07) is 8.92. The van der Waals surface area contributed by atoms with Crippen LogP contribution in [0.3, 0.4) is 0 Å². The maximum atomic E-state index is 13.5. The Morgan fingerprint density at radius 2 is 1.72 bits per heavy atom. The summed E-state index contributed by atoms with van der Waals surface area (Å²) in [5.41, 5.74) is 2.86. The Hall–Kier alpha value is -2.97. The number of ether oxygens (including phenoxy) is 1. The second-order valence-electron chi connectivity index (χ2n) is 8.33. The molecule has 0 amide bonds. The predicted octanol–water partition coefficient (Wildman–Crippen LogP) is 3.79. The van der Waals surface area contributed by atoms with Crippen molar-refractivity contribution in [1.29, 1.82) is 0 Å². The number of benzene rings is 2. The maximum absolute atomic E-state index is 13.5. The minimum absolute atomic E-state index is 0.197. The molecule has 32 heavy (non-hydrogen) atoms. The van der Waals surface area contributed by atoms with Crippen LogP contribution in [-0.4, -0.2) is 31.3 Å². The first-order valence-electron chi connectivity index (χ1n) is 10.4. The van der Waals surface area contributed by atoms with Crippen molar-refractivity contribution in [2.45, 2.75) is 51.5 Å². The summed E-state index contributed by atoms with van der Waals surface area (Å²) < 4.78 is 38.9. The largest absolute Gasteiger partial charge is 0.425 e. The van der Waals surface area contributed by atoms with Gasteiger partial charge in [-0.3, -0.25) is 0 Å². The highest BCUT2D eigenvalue weighted by atomic mass is 32.2. The van der Waals surface area contributed by atoms with Gasteiger partial charge >= 0.3 is 11.6 Å². The SMILES string of the molecule is Cc1cc(C)c(S(=O)(=O)N2CCC[C@H]2C(=O)Oc2ccc3c(C)cc(=O)oc3c2)c(C)c1. The first-order valence-corrected chi connectivity index (χ1v) is 11.9. The third kappa shape index (κ3) is 3.96. The van der Waals surface area contributed by atoms with Gasteiger partial charge in [0.05, 0.1) is 4.90 Å². The van der Waals surface area contributed by atoms with Gasteiger partial charge in [-0.05, 0) is 69.4 Å². The molecular weight excluding hydrogens is 430 g/mol. The van der Waals surface area contributed by atoms with Crippen molar-refractivity contribution in [3.05, 3.63) is 69.1 Å². The normalized spacial score (nSPS) is 17.1. The van der Waals surface area contributed by atoms with Gasteiger partial charge in [-0.15, -0.1) is 0 Å². The van der Waals surface area contributed by atoms with Crippen LogP contribution < -0.4 is 10.4 Å². The van der Waals surface area contributed by atoms with E-state index in [0.29, 0.717) is 29.6 Å². The zero-order valence-electron chi connectivity index (χ0n) is 18.5. The van der Waals surface area contributed by atoms with Crippen LogP contribution in [0.1, 0.15) is 35.1 Å². The van der Waals surface area contributed by atoms with Gasteiger partial charge in [0.2, 0.25) is 10.0 Å². The van der Waals surface area contributed by atoms with Crippen molar-refractivity contribution in [2.24, 2.45) is 0 Å².